The number of carbonyl (C=O) groups excluding carboxylic acids is 2. The molecule has 0 aromatic rings. The molecule has 74 valence electrons. The number of cyclic esters (lactones) is 2. The van der Waals surface area contributed by atoms with Gasteiger partial charge in [0.15, 0.2) is 12.2 Å². The van der Waals surface area contributed by atoms with E-state index in [0.29, 0.717) is 0 Å². The SMILES string of the molecule is C1CO1.CC1OC(=O)C(C)OC1=O. The molecule has 0 radical (unpaired) electrons. The van der Waals surface area contributed by atoms with Gasteiger partial charge in [-0.3, -0.25) is 0 Å². The van der Waals surface area contributed by atoms with Crippen molar-refractivity contribution in [1.82, 2.24) is 0 Å². The fraction of sp³-hybridized carbons (Fsp3) is 0.750. The summed E-state index contributed by atoms with van der Waals surface area (Å²) in [7, 11) is 0. The van der Waals surface area contributed by atoms with Gasteiger partial charge in [-0.25, -0.2) is 9.59 Å². The van der Waals surface area contributed by atoms with Crippen molar-refractivity contribution in [2.45, 2.75) is 26.1 Å². The zero-order valence-corrected chi connectivity index (χ0v) is 7.61. The highest BCUT2D eigenvalue weighted by Crippen LogP contribution is 2.08. The van der Waals surface area contributed by atoms with E-state index < -0.39 is 24.1 Å². The van der Waals surface area contributed by atoms with Gasteiger partial charge < -0.3 is 14.2 Å². The second-order valence-electron chi connectivity index (χ2n) is 2.77. The summed E-state index contributed by atoms with van der Waals surface area (Å²) in [6.07, 6.45) is -1.49. The van der Waals surface area contributed by atoms with Gasteiger partial charge in [0.1, 0.15) is 0 Å². The number of esters is 2. The van der Waals surface area contributed by atoms with Crippen LogP contribution in [0.15, 0.2) is 0 Å². The maximum Gasteiger partial charge on any atom is 0.347 e. The second kappa shape index (κ2) is 4.23. The van der Waals surface area contributed by atoms with Gasteiger partial charge in [0.25, 0.3) is 0 Å². The first-order valence-corrected chi connectivity index (χ1v) is 4.10. The smallest absolute Gasteiger partial charge is 0.347 e. The summed E-state index contributed by atoms with van der Waals surface area (Å²) in [5, 5.41) is 0. The Hall–Kier alpha value is -1.10. The summed E-state index contributed by atoms with van der Waals surface area (Å²) in [4.78, 5) is 21.3. The third kappa shape index (κ3) is 3.42. The lowest BCUT2D eigenvalue weighted by molar-refractivity contribution is -0.191. The monoisotopic (exact) mass is 188 g/mol. The molecule has 0 spiro atoms. The van der Waals surface area contributed by atoms with Crippen LogP contribution in [0, 0.1) is 0 Å². The van der Waals surface area contributed by atoms with E-state index in [1.54, 1.807) is 0 Å². The molecule has 0 saturated carbocycles. The fourth-order valence-corrected chi connectivity index (χ4v) is 0.636. The molecule has 0 N–H and O–H groups in total. The van der Waals surface area contributed by atoms with Gasteiger partial charge in [-0.2, -0.15) is 0 Å². The number of carbonyl (C=O) groups is 2. The molecule has 0 aromatic carbocycles. The van der Waals surface area contributed by atoms with Gasteiger partial charge in [-0.1, -0.05) is 0 Å². The van der Waals surface area contributed by atoms with Gasteiger partial charge in [0.2, 0.25) is 0 Å². The highest BCUT2D eigenvalue weighted by Gasteiger charge is 2.32. The van der Waals surface area contributed by atoms with Crippen molar-refractivity contribution < 1.29 is 23.8 Å². The number of epoxide rings is 1. The average molecular weight is 188 g/mol. The largest absolute Gasteiger partial charge is 0.448 e. The predicted octanol–water partition coefficient (Wildman–Crippen LogP) is -0.120. The number of hydrogen-bond donors (Lipinski definition) is 0. The molecule has 5 heteroatoms. The van der Waals surface area contributed by atoms with Gasteiger partial charge in [0, 0.05) is 0 Å². The molecule has 0 amide bonds. The summed E-state index contributed by atoms with van der Waals surface area (Å²) in [5.41, 5.74) is 0. The van der Waals surface area contributed by atoms with Crippen LogP contribution in [-0.4, -0.2) is 37.4 Å². The van der Waals surface area contributed by atoms with Crippen LogP contribution in [0.25, 0.3) is 0 Å². The maximum atomic E-state index is 10.7. The van der Waals surface area contributed by atoms with Gasteiger partial charge in [0.05, 0.1) is 13.2 Å². The Morgan fingerprint density at radius 2 is 1.31 bits per heavy atom. The lowest BCUT2D eigenvalue weighted by Gasteiger charge is -2.22. The van der Waals surface area contributed by atoms with E-state index in [9.17, 15) is 9.59 Å². The first-order valence-electron chi connectivity index (χ1n) is 4.10. The summed E-state index contributed by atoms with van der Waals surface area (Å²) in [6, 6.07) is 0. The summed E-state index contributed by atoms with van der Waals surface area (Å²) >= 11 is 0. The Balaban J connectivity index is 0.000000236. The molecule has 2 aliphatic rings. The minimum absolute atomic E-state index is 0.480. The van der Waals surface area contributed by atoms with Gasteiger partial charge >= 0.3 is 11.9 Å². The van der Waals surface area contributed by atoms with Gasteiger partial charge in [-0.15, -0.1) is 0 Å². The van der Waals surface area contributed by atoms with Crippen molar-refractivity contribution in [3.63, 3.8) is 0 Å². The molecule has 2 unspecified atom stereocenters. The Morgan fingerprint density at radius 3 is 1.54 bits per heavy atom. The van der Waals surface area contributed by atoms with Crippen LogP contribution in [0.1, 0.15) is 13.8 Å². The number of rotatable bonds is 0. The summed E-state index contributed by atoms with van der Waals surface area (Å²) in [6.45, 7) is 4.96. The van der Waals surface area contributed by atoms with Crippen LogP contribution in [0.4, 0.5) is 0 Å². The van der Waals surface area contributed by atoms with Crippen molar-refractivity contribution >= 4 is 11.9 Å². The highest BCUT2D eigenvalue weighted by molar-refractivity contribution is 5.86. The number of ether oxygens (including phenoxy) is 3. The zero-order chi connectivity index (χ0) is 9.84. The molecule has 2 heterocycles. The molecule has 2 fully saturated rings. The van der Waals surface area contributed by atoms with Crippen molar-refractivity contribution in [3.05, 3.63) is 0 Å². The van der Waals surface area contributed by atoms with E-state index in [2.05, 4.69) is 14.2 Å². The Kier molecular flexibility index (Phi) is 3.25. The molecule has 2 aliphatic heterocycles. The Bertz CT molecular complexity index is 188. The third-order valence-electron chi connectivity index (χ3n) is 1.45. The second-order valence-corrected chi connectivity index (χ2v) is 2.77. The average Bonchev–Trinajstić information content (AvgIpc) is 2.86. The molecule has 5 nitrogen and oxygen atoms in total. The normalized spacial score (nSPS) is 30.9. The van der Waals surface area contributed by atoms with Crippen LogP contribution in [0.3, 0.4) is 0 Å². The van der Waals surface area contributed by atoms with Crippen LogP contribution >= 0.6 is 0 Å². The van der Waals surface area contributed by atoms with Crippen molar-refractivity contribution in [3.8, 4) is 0 Å². The topological polar surface area (TPSA) is 65.1 Å². The molecule has 2 rings (SSSR count). The first-order chi connectivity index (χ1) is 6.11. The quantitative estimate of drug-likeness (QED) is 0.391. The lowest BCUT2D eigenvalue weighted by atomic mass is 10.3. The van der Waals surface area contributed by atoms with Crippen LogP contribution in [-0.2, 0) is 23.8 Å². The molecular formula is C8H12O5. The van der Waals surface area contributed by atoms with E-state index in [-0.39, 0.29) is 0 Å². The molecule has 2 atom stereocenters. The molecule has 2 saturated heterocycles. The molecule has 13 heavy (non-hydrogen) atoms. The fourth-order valence-electron chi connectivity index (χ4n) is 0.636. The van der Waals surface area contributed by atoms with E-state index in [1.807, 2.05) is 0 Å². The summed E-state index contributed by atoms with van der Waals surface area (Å²) in [5.74, 6) is -0.959. The van der Waals surface area contributed by atoms with Crippen molar-refractivity contribution in [2.24, 2.45) is 0 Å². The standard InChI is InChI=1S/C6H8O4.C2H4O/c1-3-5(7)10-4(2)6(8)9-3;1-2-3-1/h3-4H,1-2H3;1-2H2. The maximum absolute atomic E-state index is 10.7. The molecule has 0 aliphatic carbocycles. The van der Waals surface area contributed by atoms with Crippen LogP contribution in [0.5, 0.6) is 0 Å². The van der Waals surface area contributed by atoms with E-state index >= 15 is 0 Å². The molecule has 0 bridgehead atoms. The Labute approximate surface area is 76.0 Å². The third-order valence-corrected chi connectivity index (χ3v) is 1.45. The van der Waals surface area contributed by atoms with Crippen molar-refractivity contribution in [2.75, 3.05) is 13.2 Å². The van der Waals surface area contributed by atoms with Gasteiger partial charge in [-0.05, 0) is 13.8 Å². The summed E-state index contributed by atoms with van der Waals surface area (Å²) < 4.78 is 13.7. The highest BCUT2D eigenvalue weighted by atomic mass is 16.6. The Morgan fingerprint density at radius 1 is 1.00 bits per heavy atom. The molecular weight excluding hydrogens is 176 g/mol. The minimum atomic E-state index is -0.747. The first kappa shape index (κ1) is 9.98. The molecule has 0 aromatic heterocycles. The van der Waals surface area contributed by atoms with E-state index in [1.165, 1.54) is 13.8 Å². The van der Waals surface area contributed by atoms with E-state index in [0.717, 1.165) is 13.2 Å². The van der Waals surface area contributed by atoms with E-state index in [4.69, 9.17) is 0 Å². The predicted molar refractivity (Wildman–Crippen MR) is 41.9 cm³/mol. The minimum Gasteiger partial charge on any atom is -0.448 e. The van der Waals surface area contributed by atoms with Crippen molar-refractivity contribution in [1.29, 1.82) is 0 Å². The van der Waals surface area contributed by atoms with Crippen LogP contribution in [0.2, 0.25) is 0 Å². The van der Waals surface area contributed by atoms with Crippen LogP contribution < -0.4 is 0 Å². The zero-order valence-electron chi connectivity index (χ0n) is 7.61. The lowest BCUT2D eigenvalue weighted by Crippen LogP contribution is -2.40. The number of hydrogen-bond acceptors (Lipinski definition) is 5.